The Morgan fingerprint density at radius 3 is 1.74 bits per heavy atom. The van der Waals surface area contributed by atoms with Gasteiger partial charge in [0.15, 0.2) is 11.5 Å². The van der Waals surface area contributed by atoms with Crippen molar-refractivity contribution in [3.05, 3.63) is 83.4 Å². The first-order chi connectivity index (χ1) is 15.8. The quantitative estimate of drug-likeness (QED) is 0.368. The molecule has 0 radical (unpaired) electrons. The van der Waals surface area contributed by atoms with Crippen LogP contribution >= 0.6 is 0 Å². The van der Waals surface area contributed by atoms with E-state index in [0.717, 1.165) is 11.1 Å². The summed E-state index contributed by atoms with van der Waals surface area (Å²) in [5, 5.41) is 0. The van der Waals surface area contributed by atoms with E-state index in [1.807, 2.05) is 83.1 Å². The molecule has 0 saturated heterocycles. The zero-order chi connectivity index (χ0) is 25.1. The van der Waals surface area contributed by atoms with E-state index in [4.69, 9.17) is 15.2 Å². The molecule has 2 unspecified atom stereocenters. The van der Waals surface area contributed by atoms with Crippen molar-refractivity contribution in [3.8, 4) is 23.0 Å². The summed E-state index contributed by atoms with van der Waals surface area (Å²) in [7, 11) is -4.27. The van der Waals surface area contributed by atoms with E-state index >= 15 is 0 Å². The summed E-state index contributed by atoms with van der Waals surface area (Å²) >= 11 is 0. The molecular weight excluding hydrogens is 450 g/mol. The molecule has 0 fully saturated rings. The van der Waals surface area contributed by atoms with Crippen LogP contribution in [0.2, 0.25) is 0 Å². The van der Waals surface area contributed by atoms with Gasteiger partial charge in [-0.15, -0.1) is 0 Å². The van der Waals surface area contributed by atoms with Gasteiger partial charge in [-0.25, -0.2) is 0 Å². The third-order valence-electron chi connectivity index (χ3n) is 5.72. The maximum absolute atomic E-state index is 11.8. The molecule has 0 aliphatic rings. The molecule has 3 rings (SSSR count). The zero-order valence-electron chi connectivity index (χ0n) is 20.3. The molecule has 0 amide bonds. The average Bonchev–Trinajstić information content (AvgIpc) is 2.74. The van der Waals surface area contributed by atoms with Crippen molar-refractivity contribution in [1.29, 1.82) is 0 Å². The smallest absolute Gasteiger partial charge is 0.265 e. The van der Waals surface area contributed by atoms with Gasteiger partial charge in [0.05, 0.1) is 5.75 Å². The summed E-state index contributed by atoms with van der Waals surface area (Å²) in [6.45, 7) is 9.80. The highest BCUT2D eigenvalue weighted by atomic mass is 32.2. The molecule has 0 aromatic heterocycles. The van der Waals surface area contributed by atoms with Gasteiger partial charge in [0.2, 0.25) is 0 Å². The molecule has 34 heavy (non-hydrogen) atoms. The van der Waals surface area contributed by atoms with Crippen LogP contribution < -0.4 is 15.2 Å². The molecule has 182 valence electrons. The van der Waals surface area contributed by atoms with Gasteiger partial charge >= 0.3 is 0 Å². The highest BCUT2D eigenvalue weighted by molar-refractivity contribution is 7.85. The van der Waals surface area contributed by atoms with Crippen LogP contribution in [0.5, 0.6) is 23.0 Å². The van der Waals surface area contributed by atoms with Crippen LogP contribution in [0, 0.1) is 19.3 Å². The second kappa shape index (κ2) is 10.2. The first kappa shape index (κ1) is 25.7. The topological polar surface area (TPSA) is 98.9 Å². The van der Waals surface area contributed by atoms with Crippen LogP contribution in [0.1, 0.15) is 43.4 Å². The van der Waals surface area contributed by atoms with Crippen LogP contribution in [-0.2, 0) is 10.1 Å². The highest BCUT2D eigenvalue weighted by Gasteiger charge is 2.33. The SMILES string of the molecule is Cc1ccc(Oc2ccc(C(CS(=O)(=O)O)C(N)C(C)(C)C)cc2Oc2ccc(C)cc2)cc1. The number of aryl methyl sites for hydroxylation is 2. The summed E-state index contributed by atoms with van der Waals surface area (Å²) in [4.78, 5) is 0. The molecule has 0 saturated carbocycles. The second-order valence-electron chi connectivity index (χ2n) is 9.78. The third-order valence-corrected chi connectivity index (χ3v) is 6.50. The first-order valence-electron chi connectivity index (χ1n) is 11.2. The van der Waals surface area contributed by atoms with Gasteiger partial charge in [-0.05, 0) is 61.2 Å². The third kappa shape index (κ3) is 7.06. The van der Waals surface area contributed by atoms with Gasteiger partial charge in [0, 0.05) is 12.0 Å². The summed E-state index contributed by atoms with van der Waals surface area (Å²) < 4.78 is 45.6. The van der Waals surface area contributed by atoms with Crippen LogP contribution in [0.3, 0.4) is 0 Å². The fraction of sp³-hybridized carbons (Fsp3) is 0.333. The minimum atomic E-state index is -4.27. The average molecular weight is 484 g/mol. The number of hydrogen-bond donors (Lipinski definition) is 2. The Labute approximate surface area is 202 Å². The van der Waals surface area contributed by atoms with Crippen LogP contribution in [0.4, 0.5) is 0 Å². The van der Waals surface area contributed by atoms with E-state index in [1.54, 1.807) is 18.2 Å². The molecule has 7 heteroatoms. The molecule has 3 aromatic rings. The molecule has 0 aliphatic carbocycles. The van der Waals surface area contributed by atoms with E-state index in [9.17, 15) is 13.0 Å². The van der Waals surface area contributed by atoms with E-state index < -0.39 is 33.2 Å². The summed E-state index contributed by atoms with van der Waals surface area (Å²) in [5.41, 5.74) is 8.93. The van der Waals surface area contributed by atoms with Gasteiger partial charge in [-0.2, -0.15) is 8.42 Å². The zero-order valence-corrected chi connectivity index (χ0v) is 21.1. The molecule has 2 atom stereocenters. The maximum atomic E-state index is 11.8. The van der Waals surface area contributed by atoms with E-state index in [-0.39, 0.29) is 0 Å². The lowest BCUT2D eigenvalue weighted by Gasteiger charge is -2.34. The van der Waals surface area contributed by atoms with Crippen LogP contribution in [0.15, 0.2) is 66.7 Å². The van der Waals surface area contributed by atoms with Crippen molar-refractivity contribution in [2.45, 2.75) is 46.6 Å². The number of ether oxygens (including phenoxy) is 2. The number of benzene rings is 3. The van der Waals surface area contributed by atoms with Gasteiger partial charge < -0.3 is 15.2 Å². The summed E-state index contributed by atoms with van der Waals surface area (Å²) in [6.07, 6.45) is 0. The molecule has 3 N–H and O–H groups in total. The van der Waals surface area contributed by atoms with Crippen LogP contribution in [0.25, 0.3) is 0 Å². The lowest BCUT2D eigenvalue weighted by Crippen LogP contribution is -2.43. The maximum Gasteiger partial charge on any atom is 0.265 e. The van der Waals surface area contributed by atoms with Crippen molar-refractivity contribution >= 4 is 10.1 Å². The van der Waals surface area contributed by atoms with E-state index in [0.29, 0.717) is 28.6 Å². The molecule has 0 bridgehead atoms. The molecule has 0 heterocycles. The Hall–Kier alpha value is -2.87. The minimum absolute atomic E-state index is 0.398. The fourth-order valence-corrected chi connectivity index (χ4v) is 4.48. The van der Waals surface area contributed by atoms with Crippen molar-refractivity contribution in [3.63, 3.8) is 0 Å². The lowest BCUT2D eigenvalue weighted by molar-refractivity contribution is 0.287. The predicted octanol–water partition coefficient (Wildman–Crippen LogP) is 6.23. The molecule has 0 aliphatic heterocycles. The highest BCUT2D eigenvalue weighted by Crippen LogP contribution is 2.40. The number of nitrogens with two attached hydrogens (primary N) is 1. The Balaban J connectivity index is 2.06. The summed E-state index contributed by atoms with van der Waals surface area (Å²) in [5.74, 6) is 1.01. The van der Waals surface area contributed by atoms with Crippen molar-refractivity contribution in [2.75, 3.05) is 5.75 Å². The first-order valence-corrected chi connectivity index (χ1v) is 12.8. The number of hydrogen-bond acceptors (Lipinski definition) is 5. The number of rotatable bonds is 8. The molecule has 3 aromatic carbocycles. The molecule has 6 nitrogen and oxygen atoms in total. The lowest BCUT2D eigenvalue weighted by atomic mass is 9.77. The Morgan fingerprint density at radius 2 is 1.29 bits per heavy atom. The molecule has 0 spiro atoms. The largest absolute Gasteiger partial charge is 0.453 e. The Bertz CT molecular complexity index is 1210. The summed E-state index contributed by atoms with van der Waals surface area (Å²) in [6, 6.07) is 20.0. The Kier molecular flexibility index (Phi) is 7.70. The second-order valence-corrected chi connectivity index (χ2v) is 11.3. The normalized spacial score (nSPS) is 13.9. The van der Waals surface area contributed by atoms with E-state index in [1.165, 1.54) is 0 Å². The van der Waals surface area contributed by atoms with Crippen molar-refractivity contribution in [1.82, 2.24) is 0 Å². The standard InChI is InChI=1S/C27H33NO5S/c1-18-6-11-21(12-7-18)32-24-15-10-20(16-25(24)33-22-13-8-19(2)9-14-22)23(17-34(29,30)31)26(28)27(3,4)5/h6-16,23,26H,17,28H2,1-5H3,(H,29,30,31). The molecular formula is C27H33NO5S. The Morgan fingerprint density at radius 1 is 0.824 bits per heavy atom. The van der Waals surface area contributed by atoms with Gasteiger partial charge in [0.25, 0.3) is 10.1 Å². The van der Waals surface area contributed by atoms with Gasteiger partial charge in [-0.1, -0.05) is 62.2 Å². The predicted molar refractivity (Wildman–Crippen MR) is 136 cm³/mol. The van der Waals surface area contributed by atoms with Gasteiger partial charge in [0.1, 0.15) is 11.5 Å². The van der Waals surface area contributed by atoms with E-state index in [2.05, 4.69) is 0 Å². The van der Waals surface area contributed by atoms with Gasteiger partial charge in [-0.3, -0.25) is 4.55 Å². The monoisotopic (exact) mass is 483 g/mol. The fourth-order valence-electron chi connectivity index (χ4n) is 3.62. The van der Waals surface area contributed by atoms with Crippen molar-refractivity contribution < 1.29 is 22.4 Å². The minimum Gasteiger partial charge on any atom is -0.453 e. The van der Waals surface area contributed by atoms with Crippen molar-refractivity contribution in [2.24, 2.45) is 11.1 Å². The van der Waals surface area contributed by atoms with Crippen LogP contribution in [-0.4, -0.2) is 24.8 Å².